The second kappa shape index (κ2) is 11.3. The minimum atomic E-state index is -3.37. The van der Waals surface area contributed by atoms with E-state index in [1.165, 1.54) is 6.92 Å². The largest absolute Gasteiger partial charge is 0.489 e. The molecule has 1 unspecified atom stereocenters. The number of ether oxygens (including phenoxy) is 1. The van der Waals surface area contributed by atoms with E-state index in [1.807, 2.05) is 6.07 Å². The molecule has 0 bridgehead atoms. The van der Waals surface area contributed by atoms with Gasteiger partial charge >= 0.3 is 0 Å². The third kappa shape index (κ3) is 8.25. The minimum Gasteiger partial charge on any atom is -0.489 e. The highest BCUT2D eigenvalue weighted by Gasteiger charge is 2.13. The average molecular weight is 447 g/mol. The molecule has 0 aliphatic heterocycles. The molecule has 1 atom stereocenters. The van der Waals surface area contributed by atoms with Gasteiger partial charge in [0, 0.05) is 37.9 Å². The summed E-state index contributed by atoms with van der Waals surface area (Å²) in [7, 11) is -3.37. The zero-order chi connectivity index (χ0) is 22.9. The lowest BCUT2D eigenvalue weighted by Crippen LogP contribution is -2.39. The number of amides is 1. The second-order valence-corrected chi connectivity index (χ2v) is 8.62. The smallest absolute Gasteiger partial charge is 0.229 e. The lowest BCUT2D eigenvalue weighted by molar-refractivity contribution is -0.116. The Hall–Kier alpha value is -3.13. The van der Waals surface area contributed by atoms with Crippen molar-refractivity contribution in [2.75, 3.05) is 42.1 Å². The summed E-state index contributed by atoms with van der Waals surface area (Å²) in [6.45, 7) is 2.50. The van der Waals surface area contributed by atoms with E-state index in [4.69, 9.17) is 10.00 Å². The number of nitriles is 1. The topological polar surface area (TPSA) is 132 Å². The summed E-state index contributed by atoms with van der Waals surface area (Å²) in [5.41, 5.74) is 1.44. The molecule has 0 aliphatic carbocycles. The first-order valence-electron chi connectivity index (χ1n) is 9.56. The molecule has 2 aromatic rings. The van der Waals surface area contributed by atoms with E-state index < -0.39 is 16.1 Å². The van der Waals surface area contributed by atoms with Crippen LogP contribution >= 0.6 is 0 Å². The predicted octanol–water partition coefficient (Wildman–Crippen LogP) is 1.31. The van der Waals surface area contributed by atoms with Crippen LogP contribution in [-0.4, -0.2) is 58.0 Å². The van der Waals surface area contributed by atoms with Crippen LogP contribution in [0.2, 0.25) is 0 Å². The van der Waals surface area contributed by atoms with Gasteiger partial charge in [-0.05, 0) is 36.4 Å². The molecule has 0 heterocycles. The summed E-state index contributed by atoms with van der Waals surface area (Å²) in [6.07, 6.45) is 0.273. The van der Waals surface area contributed by atoms with Gasteiger partial charge in [0.1, 0.15) is 24.5 Å². The van der Waals surface area contributed by atoms with Gasteiger partial charge in [-0.15, -0.1) is 0 Å². The van der Waals surface area contributed by atoms with Gasteiger partial charge in [0.05, 0.1) is 11.8 Å². The normalized spacial score (nSPS) is 11.9. The molecule has 0 aliphatic rings. The molecule has 0 aromatic heterocycles. The summed E-state index contributed by atoms with van der Waals surface area (Å²) in [6, 6.07) is 15.3. The van der Waals surface area contributed by atoms with E-state index in [9.17, 15) is 18.3 Å². The number of nitrogens with zero attached hydrogens (tertiary/aromatic N) is 2. The molecule has 1 amide bonds. The zero-order valence-electron chi connectivity index (χ0n) is 17.4. The van der Waals surface area contributed by atoms with Gasteiger partial charge in [-0.3, -0.25) is 9.52 Å². The molecular formula is C21H26N4O5S. The highest BCUT2D eigenvalue weighted by atomic mass is 32.2. The van der Waals surface area contributed by atoms with Crippen molar-refractivity contribution >= 4 is 27.3 Å². The van der Waals surface area contributed by atoms with Crippen molar-refractivity contribution in [2.45, 2.75) is 13.0 Å². The fraction of sp³-hybridized carbons (Fsp3) is 0.333. The number of carbonyl (C=O) groups is 1. The van der Waals surface area contributed by atoms with E-state index >= 15 is 0 Å². The number of aliphatic hydroxyl groups excluding tert-OH is 1. The molecule has 3 N–H and O–H groups in total. The Morgan fingerprint density at radius 1 is 1.23 bits per heavy atom. The number of carbonyl (C=O) groups excluding carboxylic acids is 1. The number of benzene rings is 2. The summed E-state index contributed by atoms with van der Waals surface area (Å²) in [5, 5.41) is 22.2. The molecule has 10 heteroatoms. The lowest BCUT2D eigenvalue weighted by atomic mass is 10.2. The van der Waals surface area contributed by atoms with Gasteiger partial charge in [-0.25, -0.2) is 8.42 Å². The van der Waals surface area contributed by atoms with Crippen molar-refractivity contribution in [3.05, 3.63) is 54.1 Å². The monoisotopic (exact) mass is 446 g/mol. The van der Waals surface area contributed by atoms with E-state index in [2.05, 4.69) is 10.0 Å². The molecule has 0 fully saturated rings. The summed E-state index contributed by atoms with van der Waals surface area (Å²) in [4.78, 5) is 13.5. The quantitative estimate of drug-likeness (QED) is 0.444. The molecule has 0 saturated carbocycles. The molecule has 31 heavy (non-hydrogen) atoms. The first kappa shape index (κ1) is 24.1. The Bertz CT molecular complexity index is 1020. The van der Waals surface area contributed by atoms with Gasteiger partial charge < -0.3 is 20.1 Å². The second-order valence-electron chi connectivity index (χ2n) is 6.87. The van der Waals surface area contributed by atoms with Crippen molar-refractivity contribution in [1.29, 1.82) is 5.26 Å². The molecule has 0 spiro atoms. The SMILES string of the molecule is CC(=O)N(CCNCC(O)COc1ccccc1C#N)c1ccc(NS(C)(=O)=O)cc1. The van der Waals surface area contributed by atoms with E-state index in [1.54, 1.807) is 53.4 Å². The molecule has 0 saturated heterocycles. The highest BCUT2D eigenvalue weighted by Crippen LogP contribution is 2.19. The first-order chi connectivity index (χ1) is 14.7. The molecule has 2 rings (SSSR count). The number of hydrogen-bond acceptors (Lipinski definition) is 7. The summed E-state index contributed by atoms with van der Waals surface area (Å²) in [5.74, 6) is 0.253. The molecule has 2 aromatic carbocycles. The third-order valence-corrected chi connectivity index (χ3v) is 4.80. The van der Waals surface area contributed by atoms with Gasteiger partial charge in [0.25, 0.3) is 0 Å². The van der Waals surface area contributed by atoms with Crippen molar-refractivity contribution in [3.8, 4) is 11.8 Å². The Morgan fingerprint density at radius 3 is 2.52 bits per heavy atom. The first-order valence-corrected chi connectivity index (χ1v) is 11.5. The molecular weight excluding hydrogens is 420 g/mol. The van der Waals surface area contributed by atoms with Crippen molar-refractivity contribution in [3.63, 3.8) is 0 Å². The van der Waals surface area contributed by atoms with E-state index in [0.29, 0.717) is 35.8 Å². The maximum Gasteiger partial charge on any atom is 0.229 e. The van der Waals surface area contributed by atoms with Crippen LogP contribution in [0.25, 0.3) is 0 Å². The standard InChI is InChI=1S/C21H26N4O5S/c1-16(26)25(19-9-7-18(8-10-19)24-31(2,28)29)12-11-23-14-20(27)15-30-21-6-4-3-5-17(21)13-22/h3-10,20,23-24,27H,11-12,14-15H2,1-2H3. The van der Waals surface area contributed by atoms with Gasteiger partial charge in [0.15, 0.2) is 0 Å². The van der Waals surface area contributed by atoms with Crippen LogP contribution in [0.4, 0.5) is 11.4 Å². The number of aliphatic hydroxyl groups is 1. The Morgan fingerprint density at radius 2 is 1.90 bits per heavy atom. The Kier molecular flexibility index (Phi) is 8.81. The highest BCUT2D eigenvalue weighted by molar-refractivity contribution is 7.92. The fourth-order valence-electron chi connectivity index (χ4n) is 2.78. The predicted molar refractivity (Wildman–Crippen MR) is 118 cm³/mol. The number of anilines is 2. The van der Waals surface area contributed by atoms with Crippen LogP contribution in [0.5, 0.6) is 5.75 Å². The van der Waals surface area contributed by atoms with Crippen molar-refractivity contribution in [1.82, 2.24) is 5.32 Å². The van der Waals surface area contributed by atoms with E-state index in [0.717, 1.165) is 6.26 Å². The molecule has 166 valence electrons. The van der Waals surface area contributed by atoms with Crippen LogP contribution in [0.1, 0.15) is 12.5 Å². The number of nitrogens with one attached hydrogen (secondary N) is 2. The number of sulfonamides is 1. The third-order valence-electron chi connectivity index (χ3n) is 4.19. The maximum atomic E-state index is 12.0. The number of hydrogen-bond donors (Lipinski definition) is 3. The minimum absolute atomic E-state index is 0.0247. The molecule has 0 radical (unpaired) electrons. The Balaban J connectivity index is 1.80. The number of para-hydroxylation sites is 1. The molecule has 9 nitrogen and oxygen atoms in total. The summed E-state index contributed by atoms with van der Waals surface area (Å²) < 4.78 is 30.4. The van der Waals surface area contributed by atoms with Crippen LogP contribution in [0.3, 0.4) is 0 Å². The van der Waals surface area contributed by atoms with Crippen LogP contribution in [0, 0.1) is 11.3 Å². The van der Waals surface area contributed by atoms with Crippen molar-refractivity contribution in [2.24, 2.45) is 0 Å². The zero-order valence-corrected chi connectivity index (χ0v) is 18.2. The van der Waals surface area contributed by atoms with Crippen LogP contribution in [-0.2, 0) is 14.8 Å². The van der Waals surface area contributed by atoms with E-state index in [-0.39, 0.29) is 19.1 Å². The van der Waals surface area contributed by atoms with Gasteiger partial charge in [0.2, 0.25) is 15.9 Å². The van der Waals surface area contributed by atoms with Gasteiger partial charge in [-0.1, -0.05) is 12.1 Å². The number of rotatable bonds is 11. The van der Waals surface area contributed by atoms with Crippen LogP contribution < -0.4 is 19.7 Å². The fourth-order valence-corrected chi connectivity index (χ4v) is 3.35. The lowest BCUT2D eigenvalue weighted by Gasteiger charge is -2.22. The van der Waals surface area contributed by atoms with Gasteiger partial charge in [-0.2, -0.15) is 5.26 Å². The summed E-state index contributed by atoms with van der Waals surface area (Å²) >= 11 is 0. The van der Waals surface area contributed by atoms with Crippen molar-refractivity contribution < 1.29 is 23.1 Å². The maximum absolute atomic E-state index is 12.0. The van der Waals surface area contributed by atoms with Crippen LogP contribution in [0.15, 0.2) is 48.5 Å². The Labute approximate surface area is 182 Å². The average Bonchev–Trinajstić information content (AvgIpc) is 2.72.